The van der Waals surface area contributed by atoms with Crippen molar-refractivity contribution in [1.82, 2.24) is 0 Å². The van der Waals surface area contributed by atoms with E-state index in [2.05, 4.69) is 465 Å². The Labute approximate surface area is 676 Å². The maximum absolute atomic E-state index is 2.44. The lowest BCUT2D eigenvalue weighted by Crippen LogP contribution is -2.61. The Morgan fingerprint density at radius 1 is 0.184 bits per heavy atom. The lowest BCUT2D eigenvalue weighted by molar-refractivity contribution is 1.24. The summed E-state index contributed by atoms with van der Waals surface area (Å²) >= 11 is 0. The normalized spacial score (nSPS) is 12.4. The molecule has 0 N–H and O–H groups in total. The van der Waals surface area contributed by atoms with Gasteiger partial charge in [-0.15, -0.1) is 0 Å². The Morgan fingerprint density at radius 2 is 0.456 bits per heavy atom. The molecular formula is C106H92B4N4. The molecule has 0 radical (unpaired) electrons. The average Bonchev–Trinajstić information content (AvgIpc) is 0.675. The molecule has 16 aromatic carbocycles. The fourth-order valence-corrected chi connectivity index (χ4v) is 18.8. The van der Waals surface area contributed by atoms with Crippen LogP contribution in [0.5, 0.6) is 0 Å². The minimum atomic E-state index is 0.193. The number of para-hydroxylation sites is 8. The van der Waals surface area contributed by atoms with Crippen LogP contribution in [0.15, 0.2) is 376 Å². The van der Waals surface area contributed by atoms with E-state index < -0.39 is 0 Å². The van der Waals surface area contributed by atoms with E-state index in [1.807, 2.05) is 0 Å². The molecule has 20 rings (SSSR count). The molecule has 4 aliphatic heterocycles. The molecule has 0 bridgehead atoms. The summed E-state index contributed by atoms with van der Waals surface area (Å²) in [6.07, 6.45) is 0. The second-order valence-corrected chi connectivity index (χ2v) is 31.2. The van der Waals surface area contributed by atoms with Crippen LogP contribution in [0, 0.1) is 69.2 Å². The topological polar surface area (TPSA) is 13.0 Å². The predicted molar refractivity (Wildman–Crippen MR) is 496 cm³/mol. The Hall–Kier alpha value is -13.0. The van der Waals surface area contributed by atoms with Gasteiger partial charge in [-0.3, -0.25) is 0 Å². The molecule has 4 heterocycles. The molecule has 16 aromatic rings. The summed E-state index contributed by atoms with van der Waals surface area (Å²) in [7, 11) is 0. The highest BCUT2D eigenvalue weighted by Gasteiger charge is 2.44. The van der Waals surface area contributed by atoms with Crippen LogP contribution in [0.3, 0.4) is 0 Å². The van der Waals surface area contributed by atoms with Crippen molar-refractivity contribution in [2.24, 2.45) is 0 Å². The zero-order valence-electron chi connectivity index (χ0n) is 66.9. The van der Waals surface area contributed by atoms with E-state index in [0.717, 1.165) is 0 Å². The molecule has 0 unspecified atom stereocenters. The number of aryl methyl sites for hydroxylation is 10. The molecule has 0 fully saturated rings. The molecular weight excluding hydrogens is 1370 g/mol. The number of hydrogen-bond acceptors (Lipinski definition) is 4. The highest BCUT2D eigenvalue weighted by Crippen LogP contribution is 2.45. The molecule has 0 aliphatic carbocycles. The van der Waals surface area contributed by atoms with Crippen LogP contribution in [-0.4, -0.2) is 26.9 Å². The second kappa shape index (κ2) is 32.0. The van der Waals surface area contributed by atoms with E-state index in [-0.39, 0.29) is 26.9 Å². The fourth-order valence-electron chi connectivity index (χ4n) is 18.8. The van der Waals surface area contributed by atoms with Crippen molar-refractivity contribution >= 4 is 161 Å². The maximum atomic E-state index is 2.44. The van der Waals surface area contributed by atoms with Crippen LogP contribution in [0.1, 0.15) is 55.6 Å². The molecule has 0 aromatic heterocycles. The predicted octanol–water partition coefficient (Wildman–Crippen LogP) is 19.0. The Morgan fingerprint density at radius 3 is 0.851 bits per heavy atom. The Kier molecular flexibility index (Phi) is 20.7. The smallest absolute Gasteiger partial charge is 0.252 e. The summed E-state index contributed by atoms with van der Waals surface area (Å²) in [4.78, 5) is 9.67. The first-order valence-electron chi connectivity index (χ1n) is 40.2. The van der Waals surface area contributed by atoms with Crippen LogP contribution in [0.25, 0.3) is 0 Å². The number of benzene rings is 16. The van der Waals surface area contributed by atoms with E-state index in [1.54, 1.807) is 0 Å². The molecule has 4 nitrogen and oxygen atoms in total. The average molecular weight is 1470 g/mol. The number of anilines is 12. The first-order chi connectivity index (χ1) is 55.8. The molecule has 114 heavy (non-hydrogen) atoms. The third-order valence-electron chi connectivity index (χ3n) is 23.5. The van der Waals surface area contributed by atoms with Crippen molar-refractivity contribution in [2.75, 3.05) is 19.6 Å². The number of hydrogen-bond donors (Lipinski definition) is 0. The molecule has 4 aliphatic rings. The van der Waals surface area contributed by atoms with E-state index >= 15 is 0 Å². The van der Waals surface area contributed by atoms with Gasteiger partial charge in [0.25, 0.3) is 6.71 Å². The summed E-state index contributed by atoms with van der Waals surface area (Å²) in [6, 6.07) is 136. The van der Waals surface area contributed by atoms with Gasteiger partial charge in [-0.25, -0.2) is 0 Å². The lowest BCUT2D eigenvalue weighted by atomic mass is 9.33. The van der Waals surface area contributed by atoms with E-state index in [4.69, 9.17) is 0 Å². The third kappa shape index (κ3) is 14.0. The SMILES string of the molecule is Cc1cc(C)c(B(c2c(C)cccc2C)c2c(C)cccc2C)c(C)c1.Cc1cc2c3c(c1)N(c1ccccc1)c1ccccc1B3c1ccccc1N2c1ccccc1.Cc1ccc2c(c1)B(c1ccccc1)c1ccccc1N2c1ccccc1.Cc1ccc2c(c1)N(c1ccccc1)c1ccccc1B2c1ccccc1. The van der Waals surface area contributed by atoms with Crippen molar-refractivity contribution < 1.29 is 0 Å². The Balaban J connectivity index is 0.000000111. The summed E-state index contributed by atoms with van der Waals surface area (Å²) in [5.74, 6) is 0. The van der Waals surface area contributed by atoms with E-state index in [1.165, 1.54) is 189 Å². The van der Waals surface area contributed by atoms with E-state index in [9.17, 15) is 0 Å². The van der Waals surface area contributed by atoms with Crippen LogP contribution in [0.2, 0.25) is 0 Å². The van der Waals surface area contributed by atoms with Gasteiger partial charge in [0.2, 0.25) is 20.1 Å². The fraction of sp³-hybridized carbons (Fsp3) is 0.0943. The van der Waals surface area contributed by atoms with Crippen LogP contribution < -0.4 is 85.2 Å². The highest BCUT2D eigenvalue weighted by molar-refractivity contribution is 7.01. The lowest BCUT2D eigenvalue weighted by Gasteiger charge is -2.44. The number of fused-ring (bicyclic) bond motifs is 8. The minimum Gasteiger partial charge on any atom is -0.312 e. The van der Waals surface area contributed by atoms with Crippen molar-refractivity contribution in [2.45, 2.75) is 69.2 Å². The van der Waals surface area contributed by atoms with Crippen molar-refractivity contribution in [1.29, 1.82) is 0 Å². The van der Waals surface area contributed by atoms with Crippen molar-refractivity contribution in [3.05, 3.63) is 432 Å². The molecule has 8 heteroatoms. The van der Waals surface area contributed by atoms with Gasteiger partial charge in [0.1, 0.15) is 0 Å². The van der Waals surface area contributed by atoms with Crippen molar-refractivity contribution in [3.8, 4) is 0 Å². The van der Waals surface area contributed by atoms with Gasteiger partial charge in [-0.05, 0) is 216 Å². The van der Waals surface area contributed by atoms with E-state index in [0.29, 0.717) is 0 Å². The van der Waals surface area contributed by atoms with Gasteiger partial charge in [0.15, 0.2) is 0 Å². The van der Waals surface area contributed by atoms with Crippen LogP contribution in [-0.2, 0) is 0 Å². The largest absolute Gasteiger partial charge is 0.312 e. The maximum Gasteiger partial charge on any atom is 0.252 e. The zero-order chi connectivity index (χ0) is 78.1. The first kappa shape index (κ1) is 73.8. The molecule has 548 valence electrons. The Bertz CT molecular complexity index is 5770. The van der Waals surface area contributed by atoms with Crippen LogP contribution in [0.4, 0.5) is 68.2 Å². The molecule has 0 spiro atoms. The zero-order valence-corrected chi connectivity index (χ0v) is 66.9. The molecule has 0 atom stereocenters. The monoisotopic (exact) mass is 1460 g/mol. The summed E-state index contributed by atoms with van der Waals surface area (Å²) in [5.41, 5.74) is 44.8. The third-order valence-corrected chi connectivity index (χ3v) is 23.5. The minimum absolute atomic E-state index is 0.193. The molecule has 0 saturated carbocycles. The summed E-state index contributed by atoms with van der Waals surface area (Å²) in [5, 5.41) is 0. The van der Waals surface area contributed by atoms with Gasteiger partial charge >= 0.3 is 0 Å². The van der Waals surface area contributed by atoms with Gasteiger partial charge in [-0.2, -0.15) is 0 Å². The van der Waals surface area contributed by atoms with Gasteiger partial charge < -0.3 is 19.6 Å². The number of rotatable bonds is 9. The quantitative estimate of drug-likeness (QED) is 0.134. The van der Waals surface area contributed by atoms with Crippen LogP contribution >= 0.6 is 0 Å². The second-order valence-electron chi connectivity index (χ2n) is 31.2. The van der Waals surface area contributed by atoms with Gasteiger partial charge in [0.05, 0.1) is 0 Å². The first-order valence-corrected chi connectivity index (χ1v) is 40.2. The highest BCUT2D eigenvalue weighted by atomic mass is 15.2. The van der Waals surface area contributed by atoms with Crippen molar-refractivity contribution in [3.63, 3.8) is 0 Å². The summed E-state index contributed by atoms with van der Waals surface area (Å²) in [6.45, 7) is 23.2. The summed E-state index contributed by atoms with van der Waals surface area (Å²) < 4.78 is 0. The van der Waals surface area contributed by atoms with Gasteiger partial charge in [0, 0.05) is 68.2 Å². The molecule has 0 saturated heterocycles. The van der Waals surface area contributed by atoms with Gasteiger partial charge in [-0.1, -0.05) is 351 Å². The number of nitrogens with zero attached hydrogens (tertiary/aromatic N) is 4. The molecule has 0 amide bonds. The standard InChI is InChI=1S/C31H23BN2.2C25H20BN.C25H29B/c1-22-20-29-31-30(21-22)34(24-14-6-3-7-15-24)28-19-11-9-17-26(28)32(31)25-16-8-10-18-27(25)33(29)23-12-4-2-5-13-23;1-19-16-17-25-23(18-19)26(20-10-4-2-5-11-20)22-14-8-9-15-24(22)27(25)21-12-6-3-7-13-21;1-19-16-17-23-25(18-19)27(21-12-6-3-7-13-21)24-15-9-8-14-22(24)26(23)20-10-4-2-5-11-20;1-16-14-21(6)25(22(7)15-16)26(23-17(2)10-8-11-18(23)3)24-19(4)12-9-13-20(24)5/h2-21H,1H3;2*2-18H,1H3;8-15H,1-7H3.